The van der Waals surface area contributed by atoms with Crippen molar-refractivity contribution >= 4 is 28.9 Å². The predicted octanol–water partition coefficient (Wildman–Crippen LogP) is 1.93. The van der Waals surface area contributed by atoms with Gasteiger partial charge in [0.2, 0.25) is 11.6 Å². The van der Waals surface area contributed by atoms with Crippen LogP contribution in [-0.2, 0) is 27.2 Å². The quantitative estimate of drug-likeness (QED) is 0.262. The van der Waals surface area contributed by atoms with Gasteiger partial charge in [-0.1, -0.05) is 11.6 Å². The third kappa shape index (κ3) is 3.75. The number of benzene rings is 1. The van der Waals surface area contributed by atoms with Gasteiger partial charge >= 0.3 is 0 Å². The second-order valence-electron chi connectivity index (χ2n) is 10.3. The average molecular weight is 519 g/mol. The first kappa shape index (κ1) is 25.5. The molecule has 196 valence electrons. The van der Waals surface area contributed by atoms with Crippen molar-refractivity contribution in [3.05, 3.63) is 74.0 Å². The van der Waals surface area contributed by atoms with Crippen molar-refractivity contribution in [3.8, 4) is 5.75 Å². The number of rotatable bonds is 5. The van der Waals surface area contributed by atoms with Crippen molar-refractivity contribution in [2.24, 2.45) is 11.8 Å². The van der Waals surface area contributed by atoms with Crippen molar-refractivity contribution in [2.75, 3.05) is 0 Å². The van der Waals surface area contributed by atoms with Gasteiger partial charge in [-0.15, -0.1) is 0 Å². The molecular weight excluding hydrogens is 492 g/mol. The molecule has 1 aromatic heterocycles. The smallest absolute Gasteiger partial charge is 0.251 e. The number of phenolic OH excluding ortho intramolecular Hbond substituents is 1. The number of ketones is 4. The lowest BCUT2D eigenvalue weighted by molar-refractivity contribution is -0.157. The van der Waals surface area contributed by atoms with Gasteiger partial charge in [-0.05, 0) is 62.6 Å². The average Bonchev–Trinajstić information content (AvgIpc) is 2.85. The summed E-state index contributed by atoms with van der Waals surface area (Å²) in [5, 5.41) is 33.2. The number of carbonyl (C=O) groups excluding carboxylic acids is 4. The maximum atomic E-state index is 13.6. The highest BCUT2D eigenvalue weighted by Crippen LogP contribution is 2.51. The van der Waals surface area contributed by atoms with Crippen LogP contribution in [0, 0.1) is 11.8 Å². The van der Waals surface area contributed by atoms with Gasteiger partial charge in [0.15, 0.2) is 17.2 Å². The largest absolute Gasteiger partial charge is 0.507 e. The van der Waals surface area contributed by atoms with E-state index in [9.17, 15) is 39.3 Å². The molecule has 0 amide bonds. The number of aryl methyl sites for hydroxylation is 1. The summed E-state index contributed by atoms with van der Waals surface area (Å²) in [5.41, 5.74) is -1.42. The molecule has 10 heteroatoms. The lowest BCUT2D eigenvalue weighted by Crippen LogP contribution is -2.61. The number of fused-ring (bicyclic) bond motifs is 3. The molecule has 0 unspecified atom stereocenters. The Morgan fingerprint density at radius 3 is 2.55 bits per heavy atom. The molecule has 0 aliphatic heterocycles. The van der Waals surface area contributed by atoms with Crippen molar-refractivity contribution < 1.29 is 34.5 Å². The molecule has 10 nitrogen and oxygen atoms in total. The molecule has 5 rings (SSSR count). The molecule has 2 aromatic rings. The number of H-pyrrole nitrogens is 1. The summed E-state index contributed by atoms with van der Waals surface area (Å²) in [6.07, 6.45) is 2.03. The van der Waals surface area contributed by atoms with Crippen molar-refractivity contribution in [1.29, 1.82) is 0 Å². The monoisotopic (exact) mass is 518 g/mol. The molecule has 0 saturated heterocycles. The maximum Gasteiger partial charge on any atom is 0.251 e. The third-order valence-corrected chi connectivity index (χ3v) is 7.98. The summed E-state index contributed by atoms with van der Waals surface area (Å²) in [6.45, 7) is 2.85. The molecule has 1 fully saturated rings. The summed E-state index contributed by atoms with van der Waals surface area (Å²) in [6, 6.07) is 4.10. The molecule has 1 heterocycles. The Morgan fingerprint density at radius 1 is 1.13 bits per heavy atom. The van der Waals surface area contributed by atoms with Crippen molar-refractivity contribution in [2.45, 2.75) is 51.6 Å². The highest BCUT2D eigenvalue weighted by Gasteiger charge is 2.60. The van der Waals surface area contributed by atoms with E-state index >= 15 is 0 Å². The predicted molar refractivity (Wildman–Crippen MR) is 133 cm³/mol. The fourth-order valence-electron chi connectivity index (χ4n) is 6.22. The molecule has 0 spiro atoms. The lowest BCUT2D eigenvalue weighted by Gasteiger charge is -2.46. The topological polar surface area (TPSA) is 175 Å². The highest BCUT2D eigenvalue weighted by atomic mass is 16.3. The maximum absolute atomic E-state index is 13.6. The zero-order chi connectivity index (χ0) is 27.5. The Balaban J connectivity index is 1.52. The summed E-state index contributed by atoms with van der Waals surface area (Å²) >= 11 is 0. The van der Waals surface area contributed by atoms with Crippen LogP contribution in [0.5, 0.6) is 5.75 Å². The van der Waals surface area contributed by atoms with Gasteiger partial charge < -0.3 is 20.3 Å². The first-order chi connectivity index (χ1) is 17.9. The molecule has 0 bridgehead atoms. The van der Waals surface area contributed by atoms with Gasteiger partial charge in [0.25, 0.3) is 5.56 Å². The van der Waals surface area contributed by atoms with Crippen LogP contribution in [0.2, 0.25) is 0 Å². The number of hydrogen-bond acceptors (Lipinski definition) is 9. The lowest BCUT2D eigenvalue weighted by atomic mass is 9.57. The Labute approximate surface area is 216 Å². The van der Waals surface area contributed by atoms with Crippen LogP contribution in [0.3, 0.4) is 0 Å². The number of nitrogens with one attached hydrogen (secondary N) is 1. The van der Waals surface area contributed by atoms with Crippen molar-refractivity contribution in [3.63, 3.8) is 0 Å². The van der Waals surface area contributed by atoms with E-state index < -0.39 is 46.1 Å². The second-order valence-corrected chi connectivity index (χ2v) is 10.3. The Bertz CT molecular complexity index is 1560. The van der Waals surface area contributed by atoms with Gasteiger partial charge in [-0.3, -0.25) is 24.0 Å². The molecule has 1 saturated carbocycles. The van der Waals surface area contributed by atoms with E-state index in [0.717, 1.165) is 12.4 Å². The number of aromatic amines is 1. The number of hydrogen-bond donors (Lipinski definition) is 4. The zero-order valence-corrected chi connectivity index (χ0v) is 20.8. The van der Waals surface area contributed by atoms with Crippen LogP contribution in [0.25, 0.3) is 5.76 Å². The van der Waals surface area contributed by atoms with E-state index in [4.69, 9.17) is 0 Å². The van der Waals surface area contributed by atoms with Crippen LogP contribution in [-0.4, -0.2) is 54.0 Å². The van der Waals surface area contributed by atoms with E-state index in [1.807, 2.05) is 0 Å². The molecule has 4 N–H and O–H groups in total. The van der Waals surface area contributed by atoms with Crippen LogP contribution in [0.4, 0.5) is 0 Å². The number of Topliss-reactive ketones (excluding diaryl/α,β-unsaturated/α-hetero) is 4. The van der Waals surface area contributed by atoms with Crippen LogP contribution in [0.1, 0.15) is 60.3 Å². The number of nitrogens with zero attached hydrogens (tertiary/aromatic N) is 1. The van der Waals surface area contributed by atoms with E-state index in [2.05, 4.69) is 9.97 Å². The van der Waals surface area contributed by atoms with Crippen molar-refractivity contribution in [1.82, 2.24) is 9.97 Å². The summed E-state index contributed by atoms with van der Waals surface area (Å²) < 4.78 is 0. The Hall–Kier alpha value is -4.18. The molecule has 0 radical (unpaired) electrons. The number of aliphatic hydroxyl groups is 2. The standard InChI is InChI=1S/C28H26N2O8/c1-12-7-16-8-15-9-17-14(3-5-19(32)18-10-21(34)30-11-29-18)4-6-20(33)24(17)25(35)23(15)27(37)28(16,38)26(36)22(12)13(2)31/h4,6,10-11,15-16,33,35,38H,3,5,7-9H2,1-2H3,(H,29,30,34)/t15-,16-,28-/m1/s1. The van der Waals surface area contributed by atoms with Crippen LogP contribution < -0.4 is 5.56 Å². The molecule has 3 aliphatic carbocycles. The highest BCUT2D eigenvalue weighted by molar-refractivity contribution is 6.33. The number of phenols is 1. The minimum Gasteiger partial charge on any atom is -0.507 e. The fraction of sp³-hybridized carbons (Fsp3) is 0.357. The van der Waals surface area contributed by atoms with Crippen LogP contribution >= 0.6 is 0 Å². The SMILES string of the molecule is CC(=O)C1=C(C)C[C@@H]2C[C@@H]3Cc4c(CCC(=O)c5cc(=O)[nH]cn5)ccc(O)c4C(O)=C3C(=O)[C@]2(O)C1=O. The van der Waals surface area contributed by atoms with E-state index in [-0.39, 0.29) is 66.0 Å². The second kappa shape index (κ2) is 8.98. The number of allylic oxidation sites excluding steroid dienone is 1. The molecular formula is C28H26N2O8. The van der Waals surface area contributed by atoms with Gasteiger partial charge in [-0.25, -0.2) is 4.98 Å². The number of aromatic nitrogens is 2. The minimum absolute atomic E-state index is 0.0172. The Morgan fingerprint density at radius 2 is 1.87 bits per heavy atom. The number of aromatic hydroxyl groups is 1. The molecule has 38 heavy (non-hydrogen) atoms. The van der Waals surface area contributed by atoms with Gasteiger partial charge in [0, 0.05) is 24.0 Å². The van der Waals surface area contributed by atoms with E-state index in [1.54, 1.807) is 13.0 Å². The van der Waals surface area contributed by atoms with Gasteiger partial charge in [-0.2, -0.15) is 0 Å². The van der Waals surface area contributed by atoms with Crippen LogP contribution in [0.15, 0.2) is 46.0 Å². The first-order valence-corrected chi connectivity index (χ1v) is 12.3. The van der Waals surface area contributed by atoms with Gasteiger partial charge in [0.1, 0.15) is 17.2 Å². The number of aliphatic hydroxyl groups excluding tert-OH is 1. The Kier molecular flexibility index (Phi) is 6.02. The van der Waals surface area contributed by atoms with Gasteiger partial charge in [0.05, 0.1) is 17.5 Å². The molecule has 3 aliphatic rings. The summed E-state index contributed by atoms with van der Waals surface area (Å²) in [7, 11) is 0. The third-order valence-electron chi connectivity index (χ3n) is 7.98. The minimum atomic E-state index is -2.46. The first-order valence-electron chi connectivity index (χ1n) is 12.3. The molecule has 1 aromatic carbocycles. The zero-order valence-electron chi connectivity index (χ0n) is 20.8. The normalized spacial score (nSPS) is 24.6. The van der Waals surface area contributed by atoms with E-state index in [0.29, 0.717) is 16.7 Å². The number of carbonyl (C=O) groups is 4. The van der Waals surface area contributed by atoms with E-state index in [1.165, 1.54) is 13.0 Å². The fourth-order valence-corrected chi connectivity index (χ4v) is 6.22. The molecule has 3 atom stereocenters. The summed E-state index contributed by atoms with van der Waals surface area (Å²) in [5.74, 6) is -4.88. The summed E-state index contributed by atoms with van der Waals surface area (Å²) in [4.78, 5) is 69.3.